The van der Waals surface area contributed by atoms with Gasteiger partial charge in [0.25, 0.3) is 0 Å². The SMILES string of the molecule is [Cl][Sn]([Cl])([Cl])[Cl].[c]1ccccc1. The molecule has 1 aromatic rings. The van der Waals surface area contributed by atoms with Crippen molar-refractivity contribution in [3.8, 4) is 0 Å². The standard InChI is InChI=1S/C6H5.4ClH.Sn/c1-2-4-6-5-3-1;;;;;/h1-5H;4*1H;/q;;;;;+4/p-4. The van der Waals surface area contributed by atoms with Gasteiger partial charge in [0, 0.05) is 0 Å². The van der Waals surface area contributed by atoms with E-state index in [-0.39, 0.29) is 0 Å². The van der Waals surface area contributed by atoms with E-state index in [1.165, 1.54) is 0 Å². The predicted molar refractivity (Wildman–Crippen MR) is 54.4 cm³/mol. The summed E-state index contributed by atoms with van der Waals surface area (Å²) >= 11 is -3.29. The monoisotopic (exact) mass is 337 g/mol. The molecule has 5 heteroatoms. The molecule has 1 radical (unpaired) electrons. The molecule has 0 nitrogen and oxygen atoms in total. The van der Waals surface area contributed by atoms with Crippen LogP contribution < -0.4 is 0 Å². The van der Waals surface area contributed by atoms with Gasteiger partial charge in [-0.25, -0.2) is 0 Å². The molecule has 0 saturated carbocycles. The van der Waals surface area contributed by atoms with Crippen LogP contribution in [0.25, 0.3) is 0 Å². The van der Waals surface area contributed by atoms with E-state index in [4.69, 9.17) is 35.7 Å². The van der Waals surface area contributed by atoms with E-state index >= 15 is 0 Å². The van der Waals surface area contributed by atoms with Gasteiger partial charge < -0.3 is 0 Å². The van der Waals surface area contributed by atoms with Crippen LogP contribution in [0.1, 0.15) is 0 Å². The van der Waals surface area contributed by atoms with Gasteiger partial charge in [-0.2, -0.15) is 0 Å². The van der Waals surface area contributed by atoms with Crippen LogP contribution in [0.2, 0.25) is 0 Å². The maximum Gasteiger partial charge on any atom is -0.0184 e. The van der Waals surface area contributed by atoms with Crippen molar-refractivity contribution in [2.75, 3.05) is 0 Å². The summed E-state index contributed by atoms with van der Waals surface area (Å²) in [5, 5.41) is 0. The Kier molecular flexibility index (Phi) is 7.38. The molecule has 0 aromatic heterocycles. The second-order valence-corrected chi connectivity index (χ2v) is 27.0. The fourth-order valence-corrected chi connectivity index (χ4v) is 0.342. The summed E-state index contributed by atoms with van der Waals surface area (Å²) in [5.41, 5.74) is 0. The summed E-state index contributed by atoms with van der Waals surface area (Å²) in [6.45, 7) is 0. The Bertz CT molecular complexity index is 139. The van der Waals surface area contributed by atoms with Gasteiger partial charge in [-0.05, 0) is 6.07 Å². The topological polar surface area (TPSA) is 0 Å². The molecular formula is C6H5Cl4Sn. The van der Waals surface area contributed by atoms with Gasteiger partial charge in [0.05, 0.1) is 0 Å². The maximum absolute atomic E-state index is 5.04. The third-order valence-electron chi connectivity index (χ3n) is 0.607. The minimum atomic E-state index is -3.29. The van der Waals surface area contributed by atoms with Crippen molar-refractivity contribution in [1.29, 1.82) is 0 Å². The first-order chi connectivity index (χ1) is 5.00. The molecule has 0 saturated heterocycles. The van der Waals surface area contributed by atoms with Crippen molar-refractivity contribution in [3.63, 3.8) is 0 Å². The third-order valence-corrected chi connectivity index (χ3v) is 0.607. The van der Waals surface area contributed by atoms with Crippen LogP contribution in [0.5, 0.6) is 0 Å². The fourth-order valence-electron chi connectivity index (χ4n) is 0.342. The Morgan fingerprint density at radius 2 is 1.18 bits per heavy atom. The van der Waals surface area contributed by atoms with Crippen molar-refractivity contribution in [2.45, 2.75) is 0 Å². The molecule has 0 bridgehead atoms. The minimum absolute atomic E-state index is 1.88. The zero-order valence-corrected chi connectivity index (χ0v) is 11.3. The van der Waals surface area contributed by atoms with Crippen LogP contribution in [0.15, 0.2) is 30.3 Å². The van der Waals surface area contributed by atoms with E-state index in [2.05, 4.69) is 6.07 Å². The summed E-state index contributed by atoms with van der Waals surface area (Å²) < 4.78 is 0. The van der Waals surface area contributed by atoms with Crippen LogP contribution in [0.3, 0.4) is 0 Å². The van der Waals surface area contributed by atoms with Crippen molar-refractivity contribution in [2.24, 2.45) is 0 Å². The van der Waals surface area contributed by atoms with Gasteiger partial charge >= 0.3 is 49.6 Å². The number of rotatable bonds is 0. The number of benzene rings is 1. The molecular weight excluding hydrogens is 333 g/mol. The Balaban J connectivity index is 0.000000187. The van der Waals surface area contributed by atoms with Crippen LogP contribution in [0, 0.1) is 6.07 Å². The quantitative estimate of drug-likeness (QED) is 0.631. The summed E-state index contributed by atoms with van der Waals surface area (Å²) in [7, 11) is 20.1. The molecule has 1 rings (SSSR count). The first kappa shape index (κ1) is 12.2. The number of hydrogen-bond acceptors (Lipinski definition) is 0. The smallest absolute Gasteiger partial charge is 0.0184 e. The minimum Gasteiger partial charge on any atom is -0.0622 e. The van der Waals surface area contributed by atoms with Crippen LogP contribution >= 0.6 is 35.7 Å². The second-order valence-electron chi connectivity index (χ2n) is 1.51. The number of halogens is 4. The molecule has 0 heterocycles. The molecule has 0 N–H and O–H groups in total. The second kappa shape index (κ2) is 6.67. The molecule has 0 fully saturated rings. The Labute approximate surface area is 85.1 Å². The van der Waals surface area contributed by atoms with Gasteiger partial charge in [0.1, 0.15) is 0 Å². The molecule has 0 atom stereocenters. The Morgan fingerprint density at radius 1 is 0.818 bits per heavy atom. The molecule has 0 amide bonds. The summed E-state index contributed by atoms with van der Waals surface area (Å²) in [4.78, 5) is 0. The molecule has 0 spiro atoms. The van der Waals surface area contributed by atoms with Gasteiger partial charge in [-0.1, -0.05) is 30.3 Å². The Morgan fingerprint density at radius 3 is 1.27 bits per heavy atom. The van der Waals surface area contributed by atoms with Gasteiger partial charge in [-0.3, -0.25) is 0 Å². The molecule has 0 unspecified atom stereocenters. The van der Waals surface area contributed by atoms with E-state index in [1.807, 2.05) is 30.3 Å². The molecule has 1 aromatic carbocycles. The average Bonchev–Trinajstić information content (AvgIpc) is 1.88. The van der Waals surface area contributed by atoms with Crippen molar-refractivity contribution in [3.05, 3.63) is 36.4 Å². The number of hydrogen-bond donors (Lipinski definition) is 0. The van der Waals surface area contributed by atoms with Crippen LogP contribution in [-0.2, 0) is 0 Å². The molecule has 0 aliphatic carbocycles. The van der Waals surface area contributed by atoms with E-state index < -0.39 is 13.9 Å². The van der Waals surface area contributed by atoms with Gasteiger partial charge in [0.15, 0.2) is 0 Å². The summed E-state index contributed by atoms with van der Waals surface area (Å²) in [6.07, 6.45) is 0. The Hall–Kier alpha value is 1.18. The van der Waals surface area contributed by atoms with Gasteiger partial charge in [0.2, 0.25) is 0 Å². The summed E-state index contributed by atoms with van der Waals surface area (Å²) in [6, 6.07) is 12.5. The van der Waals surface area contributed by atoms with Gasteiger partial charge in [-0.15, -0.1) is 0 Å². The average molecular weight is 338 g/mol. The zero-order valence-electron chi connectivity index (χ0n) is 5.40. The van der Waals surface area contributed by atoms with E-state index in [0.717, 1.165) is 0 Å². The molecule has 0 aliphatic rings. The zero-order chi connectivity index (χ0) is 8.74. The van der Waals surface area contributed by atoms with Crippen LogP contribution in [-0.4, -0.2) is 13.9 Å². The van der Waals surface area contributed by atoms with E-state index in [1.54, 1.807) is 0 Å². The molecule has 0 aliphatic heterocycles. The van der Waals surface area contributed by atoms with Crippen LogP contribution in [0.4, 0.5) is 0 Å². The van der Waals surface area contributed by atoms with Crippen molar-refractivity contribution < 1.29 is 0 Å². The molecule has 61 valence electrons. The largest absolute Gasteiger partial charge is 0.0622 e. The maximum atomic E-state index is 5.04. The third kappa shape index (κ3) is 18.3. The van der Waals surface area contributed by atoms with E-state index in [0.29, 0.717) is 0 Å². The normalized spacial score (nSPS) is 9.82. The molecule has 11 heavy (non-hydrogen) atoms. The van der Waals surface area contributed by atoms with Crippen molar-refractivity contribution >= 4 is 49.6 Å². The summed E-state index contributed by atoms with van der Waals surface area (Å²) in [5.74, 6) is 0. The fraction of sp³-hybridized carbons (Fsp3) is 0. The van der Waals surface area contributed by atoms with Crippen molar-refractivity contribution in [1.82, 2.24) is 0 Å². The first-order valence-electron chi connectivity index (χ1n) is 2.67. The van der Waals surface area contributed by atoms with E-state index in [9.17, 15) is 0 Å². The predicted octanol–water partition coefficient (Wildman–Crippen LogP) is 3.86. The first-order valence-corrected chi connectivity index (χ1v) is 17.1.